The van der Waals surface area contributed by atoms with Crippen molar-refractivity contribution in [3.8, 4) is 6.07 Å². The zero-order valence-electron chi connectivity index (χ0n) is 11.2. The van der Waals surface area contributed by atoms with Gasteiger partial charge in [0.05, 0.1) is 6.07 Å². The molecule has 0 radical (unpaired) electrons. The van der Waals surface area contributed by atoms with Crippen LogP contribution in [0.25, 0.3) is 0 Å². The van der Waals surface area contributed by atoms with Gasteiger partial charge in [-0.2, -0.15) is 5.26 Å². The molecule has 1 unspecified atom stereocenters. The third kappa shape index (κ3) is 4.23. The highest BCUT2D eigenvalue weighted by molar-refractivity contribution is 7.90. The molecule has 1 aliphatic heterocycles. The Morgan fingerprint density at radius 2 is 2.00 bits per heavy atom. The average Bonchev–Trinajstić information content (AvgIpc) is 2.33. The Bertz CT molecular complexity index is 381. The minimum Gasteiger partial charge on any atom is -0.303 e. The van der Waals surface area contributed by atoms with Gasteiger partial charge < -0.3 is 4.90 Å². The van der Waals surface area contributed by atoms with E-state index in [2.05, 4.69) is 16.5 Å². The van der Waals surface area contributed by atoms with E-state index in [0.717, 1.165) is 38.9 Å². The lowest BCUT2D eigenvalue weighted by molar-refractivity contribution is 0.207. The van der Waals surface area contributed by atoms with E-state index in [-0.39, 0.29) is 6.04 Å². The first kappa shape index (κ1) is 15.4. The Morgan fingerprint density at radius 1 is 1.39 bits per heavy atom. The van der Waals surface area contributed by atoms with E-state index in [1.807, 2.05) is 6.07 Å². The van der Waals surface area contributed by atoms with E-state index >= 15 is 0 Å². The summed E-state index contributed by atoms with van der Waals surface area (Å²) in [5, 5.41) is 7.90. The molecule has 0 spiro atoms. The summed E-state index contributed by atoms with van der Waals surface area (Å²) in [6.07, 6.45) is 3.13. The smallest absolute Gasteiger partial charge is 0.228 e. The summed E-state index contributed by atoms with van der Waals surface area (Å²) in [5.74, 6) is 0. The van der Waals surface area contributed by atoms with Crippen LogP contribution in [0.2, 0.25) is 0 Å². The van der Waals surface area contributed by atoms with Crippen LogP contribution >= 0.6 is 0 Å². The van der Waals surface area contributed by atoms with Crippen molar-refractivity contribution in [2.75, 3.05) is 19.6 Å². The summed E-state index contributed by atoms with van der Waals surface area (Å²) in [6.45, 7) is 6.81. The molecule has 0 amide bonds. The van der Waals surface area contributed by atoms with Crippen LogP contribution in [0.3, 0.4) is 0 Å². The Hall–Kier alpha value is -0.640. The lowest BCUT2D eigenvalue weighted by Gasteiger charge is -2.32. The minimum atomic E-state index is -3.48. The topological polar surface area (TPSA) is 73.2 Å². The van der Waals surface area contributed by atoms with Gasteiger partial charge in [0.2, 0.25) is 10.0 Å². The molecule has 1 aliphatic rings. The first-order valence-electron chi connectivity index (χ1n) is 6.66. The molecule has 0 aliphatic carbocycles. The standard InChI is InChI=1S/C12H23N3O2S/c1-3-7-15-8-5-11(6-9-15)14-18(16,17)12(4-2)10-13/h11-12,14H,3-9H2,1-2H3. The van der Waals surface area contributed by atoms with Crippen LogP contribution in [0.4, 0.5) is 0 Å². The number of nitrogens with zero attached hydrogens (tertiary/aromatic N) is 2. The molecular weight excluding hydrogens is 250 g/mol. The molecule has 1 fully saturated rings. The molecule has 0 saturated carbocycles. The van der Waals surface area contributed by atoms with Gasteiger partial charge in [0, 0.05) is 6.04 Å². The minimum absolute atomic E-state index is 0.00879. The molecule has 1 N–H and O–H groups in total. The molecule has 5 nitrogen and oxygen atoms in total. The maximum atomic E-state index is 11.9. The summed E-state index contributed by atoms with van der Waals surface area (Å²) in [4.78, 5) is 2.35. The van der Waals surface area contributed by atoms with Crippen LogP contribution in [0.5, 0.6) is 0 Å². The normalized spacial score (nSPS) is 20.5. The maximum Gasteiger partial charge on any atom is 0.228 e. The number of nitriles is 1. The van der Waals surface area contributed by atoms with Crippen molar-refractivity contribution >= 4 is 10.0 Å². The largest absolute Gasteiger partial charge is 0.303 e. The predicted molar refractivity (Wildman–Crippen MR) is 71.5 cm³/mol. The zero-order valence-corrected chi connectivity index (χ0v) is 12.0. The summed E-state index contributed by atoms with van der Waals surface area (Å²) in [7, 11) is -3.48. The van der Waals surface area contributed by atoms with E-state index in [1.54, 1.807) is 6.92 Å². The first-order chi connectivity index (χ1) is 8.53. The predicted octanol–water partition coefficient (Wildman–Crippen LogP) is 1.08. The van der Waals surface area contributed by atoms with E-state index in [9.17, 15) is 8.42 Å². The number of rotatable bonds is 6. The van der Waals surface area contributed by atoms with Crippen molar-refractivity contribution in [2.24, 2.45) is 0 Å². The number of piperidine rings is 1. The fourth-order valence-corrected chi connectivity index (χ4v) is 3.73. The van der Waals surface area contributed by atoms with E-state index in [0.29, 0.717) is 6.42 Å². The Morgan fingerprint density at radius 3 is 2.44 bits per heavy atom. The van der Waals surface area contributed by atoms with Gasteiger partial charge in [-0.1, -0.05) is 13.8 Å². The second kappa shape index (κ2) is 7.07. The molecule has 0 aromatic heterocycles. The molecule has 6 heteroatoms. The number of hydrogen-bond acceptors (Lipinski definition) is 4. The molecule has 1 saturated heterocycles. The highest BCUT2D eigenvalue weighted by Crippen LogP contribution is 2.13. The van der Waals surface area contributed by atoms with Crippen molar-refractivity contribution in [3.05, 3.63) is 0 Å². The first-order valence-corrected chi connectivity index (χ1v) is 8.21. The van der Waals surface area contributed by atoms with Crippen LogP contribution in [0.1, 0.15) is 39.5 Å². The van der Waals surface area contributed by atoms with E-state index < -0.39 is 15.3 Å². The summed E-state index contributed by atoms with van der Waals surface area (Å²) < 4.78 is 26.5. The molecule has 0 aromatic rings. The zero-order chi connectivity index (χ0) is 13.6. The third-order valence-corrected chi connectivity index (χ3v) is 5.20. The SMILES string of the molecule is CCCN1CCC(NS(=O)(=O)C(C#N)CC)CC1. The van der Waals surface area contributed by atoms with Crippen molar-refractivity contribution in [1.82, 2.24) is 9.62 Å². The van der Waals surface area contributed by atoms with E-state index in [4.69, 9.17) is 5.26 Å². The van der Waals surface area contributed by atoms with Crippen LogP contribution in [0, 0.1) is 11.3 Å². The number of likely N-dealkylation sites (tertiary alicyclic amines) is 1. The number of hydrogen-bond donors (Lipinski definition) is 1. The molecule has 1 rings (SSSR count). The second-order valence-electron chi connectivity index (χ2n) is 4.80. The van der Waals surface area contributed by atoms with Gasteiger partial charge in [0.1, 0.15) is 0 Å². The summed E-state index contributed by atoms with van der Waals surface area (Å²) in [5.41, 5.74) is 0. The Labute approximate surface area is 110 Å². The molecule has 0 aromatic carbocycles. The van der Waals surface area contributed by atoms with Crippen molar-refractivity contribution in [3.63, 3.8) is 0 Å². The molecule has 1 atom stereocenters. The summed E-state index contributed by atoms with van der Waals surface area (Å²) >= 11 is 0. The highest BCUT2D eigenvalue weighted by Gasteiger charge is 2.28. The fourth-order valence-electron chi connectivity index (χ4n) is 2.29. The third-order valence-electron chi connectivity index (χ3n) is 3.35. The molecular formula is C12H23N3O2S. The van der Waals surface area contributed by atoms with Crippen LogP contribution in [0.15, 0.2) is 0 Å². The molecule has 18 heavy (non-hydrogen) atoms. The second-order valence-corrected chi connectivity index (χ2v) is 6.70. The van der Waals surface area contributed by atoms with Gasteiger partial charge in [-0.25, -0.2) is 13.1 Å². The van der Waals surface area contributed by atoms with Crippen molar-refractivity contribution in [2.45, 2.75) is 50.8 Å². The van der Waals surface area contributed by atoms with Crippen LogP contribution < -0.4 is 4.72 Å². The van der Waals surface area contributed by atoms with Gasteiger partial charge in [-0.05, 0) is 45.3 Å². The monoisotopic (exact) mass is 273 g/mol. The lowest BCUT2D eigenvalue weighted by atomic mass is 10.1. The average molecular weight is 273 g/mol. The van der Waals surface area contributed by atoms with Gasteiger partial charge in [0.15, 0.2) is 5.25 Å². The summed E-state index contributed by atoms with van der Waals surface area (Å²) in [6, 6.07) is 1.84. The van der Waals surface area contributed by atoms with Crippen LogP contribution in [-0.4, -0.2) is 44.2 Å². The van der Waals surface area contributed by atoms with Crippen molar-refractivity contribution < 1.29 is 8.42 Å². The van der Waals surface area contributed by atoms with Gasteiger partial charge in [-0.3, -0.25) is 0 Å². The fraction of sp³-hybridized carbons (Fsp3) is 0.917. The van der Waals surface area contributed by atoms with Gasteiger partial charge in [-0.15, -0.1) is 0 Å². The number of nitrogens with one attached hydrogen (secondary N) is 1. The lowest BCUT2D eigenvalue weighted by Crippen LogP contribution is -2.47. The van der Waals surface area contributed by atoms with Crippen LogP contribution in [-0.2, 0) is 10.0 Å². The highest BCUT2D eigenvalue weighted by atomic mass is 32.2. The maximum absolute atomic E-state index is 11.9. The molecule has 0 bridgehead atoms. The van der Waals surface area contributed by atoms with Crippen molar-refractivity contribution in [1.29, 1.82) is 5.26 Å². The Balaban J connectivity index is 2.48. The quantitative estimate of drug-likeness (QED) is 0.786. The number of sulfonamides is 1. The van der Waals surface area contributed by atoms with Gasteiger partial charge >= 0.3 is 0 Å². The molecule has 104 valence electrons. The molecule has 1 heterocycles. The Kier molecular flexibility index (Phi) is 6.06. The van der Waals surface area contributed by atoms with E-state index in [1.165, 1.54) is 0 Å². The van der Waals surface area contributed by atoms with Gasteiger partial charge in [0.25, 0.3) is 0 Å².